The first-order valence-electron chi connectivity index (χ1n) is 3.29. The average molecular weight is 125 g/mol. The fraction of sp³-hybridized carbons (Fsp3) is 0.714. The highest BCUT2D eigenvalue weighted by molar-refractivity contribution is 6.03. The Labute approximate surface area is 55.0 Å². The van der Waals surface area contributed by atoms with Gasteiger partial charge in [-0.05, 0) is 12.8 Å². The van der Waals surface area contributed by atoms with Crippen LogP contribution < -0.4 is 0 Å². The summed E-state index contributed by atoms with van der Waals surface area (Å²) >= 11 is 0. The van der Waals surface area contributed by atoms with Crippen LogP contribution in [-0.4, -0.2) is 18.5 Å². The fourth-order valence-corrected chi connectivity index (χ4v) is 1.08. The van der Waals surface area contributed by atoms with Gasteiger partial charge in [0.1, 0.15) is 5.78 Å². The van der Waals surface area contributed by atoms with Crippen molar-refractivity contribution in [2.45, 2.75) is 25.7 Å². The Bertz CT molecular complexity index is 149. The van der Waals surface area contributed by atoms with Gasteiger partial charge in [-0.2, -0.15) is 0 Å². The molecule has 0 amide bonds. The van der Waals surface area contributed by atoms with Crippen molar-refractivity contribution in [1.82, 2.24) is 0 Å². The molecule has 0 spiro atoms. The topological polar surface area (TPSA) is 29.4 Å². The number of nitrogens with zero attached hydrogens (tertiary/aromatic N) is 1. The summed E-state index contributed by atoms with van der Waals surface area (Å²) in [5.41, 5.74) is 1.08. The Morgan fingerprint density at radius 2 is 2.22 bits per heavy atom. The van der Waals surface area contributed by atoms with Crippen LogP contribution in [-0.2, 0) is 4.79 Å². The minimum Gasteiger partial charge on any atom is -0.299 e. The molecule has 0 aromatic heterocycles. The molecule has 9 heavy (non-hydrogen) atoms. The molecule has 1 fully saturated rings. The lowest BCUT2D eigenvalue weighted by Gasteiger charge is -2.09. The summed E-state index contributed by atoms with van der Waals surface area (Å²) in [7, 11) is 1.76. The summed E-state index contributed by atoms with van der Waals surface area (Å²) < 4.78 is 0. The molecule has 0 aromatic carbocycles. The van der Waals surface area contributed by atoms with Gasteiger partial charge in [0.25, 0.3) is 0 Å². The van der Waals surface area contributed by atoms with Crippen LogP contribution in [0, 0.1) is 0 Å². The van der Waals surface area contributed by atoms with E-state index in [-0.39, 0.29) is 0 Å². The maximum absolute atomic E-state index is 10.8. The van der Waals surface area contributed by atoms with Gasteiger partial charge in [0.05, 0.1) is 0 Å². The number of aliphatic imine (C=N–C) groups is 1. The number of carbonyl (C=O) groups is 1. The zero-order valence-electron chi connectivity index (χ0n) is 5.68. The zero-order chi connectivity index (χ0) is 6.69. The highest BCUT2D eigenvalue weighted by Gasteiger charge is 2.12. The van der Waals surface area contributed by atoms with E-state index in [0.29, 0.717) is 12.2 Å². The molecule has 50 valence electrons. The molecule has 0 N–H and O–H groups in total. The molecule has 0 radical (unpaired) electrons. The van der Waals surface area contributed by atoms with Gasteiger partial charge in [-0.25, -0.2) is 0 Å². The molecular formula is C7H11NO. The van der Waals surface area contributed by atoms with E-state index < -0.39 is 0 Å². The first-order chi connectivity index (χ1) is 4.33. The van der Waals surface area contributed by atoms with Gasteiger partial charge in [-0.3, -0.25) is 9.79 Å². The van der Waals surface area contributed by atoms with Crippen molar-refractivity contribution >= 4 is 11.5 Å². The predicted octanol–water partition coefficient (Wildman–Crippen LogP) is 1.20. The maximum atomic E-state index is 10.8. The molecule has 0 bridgehead atoms. The van der Waals surface area contributed by atoms with Gasteiger partial charge >= 0.3 is 0 Å². The summed E-state index contributed by atoms with van der Waals surface area (Å²) in [6.45, 7) is 0. The van der Waals surface area contributed by atoms with Crippen molar-refractivity contribution in [3.63, 3.8) is 0 Å². The number of hydrogen-bond acceptors (Lipinski definition) is 2. The van der Waals surface area contributed by atoms with Crippen LogP contribution in [0.5, 0.6) is 0 Å². The highest BCUT2D eigenvalue weighted by atomic mass is 16.1. The molecule has 2 nitrogen and oxygen atoms in total. The number of rotatable bonds is 0. The SMILES string of the molecule is CN=C1CCCC(=O)C1. The van der Waals surface area contributed by atoms with E-state index in [4.69, 9.17) is 0 Å². The van der Waals surface area contributed by atoms with E-state index in [1.807, 2.05) is 0 Å². The van der Waals surface area contributed by atoms with E-state index in [9.17, 15) is 4.79 Å². The molecule has 1 aliphatic carbocycles. The summed E-state index contributed by atoms with van der Waals surface area (Å²) in [5, 5.41) is 0. The number of Topliss-reactive ketones (excluding diaryl/α,β-unsaturated/α-hetero) is 1. The quantitative estimate of drug-likeness (QED) is 0.478. The Hall–Kier alpha value is -0.660. The number of hydrogen-bond donors (Lipinski definition) is 0. The van der Waals surface area contributed by atoms with Crippen molar-refractivity contribution in [3.05, 3.63) is 0 Å². The standard InChI is InChI=1S/C7H11NO/c1-8-6-3-2-4-7(9)5-6/h2-5H2,1H3. The molecule has 1 aliphatic rings. The van der Waals surface area contributed by atoms with Crippen LogP contribution in [0.2, 0.25) is 0 Å². The van der Waals surface area contributed by atoms with Crippen molar-refractivity contribution in [2.75, 3.05) is 7.05 Å². The van der Waals surface area contributed by atoms with Crippen LogP contribution in [0.15, 0.2) is 4.99 Å². The molecule has 1 rings (SSSR count). The van der Waals surface area contributed by atoms with Crippen LogP contribution >= 0.6 is 0 Å². The predicted molar refractivity (Wildman–Crippen MR) is 36.8 cm³/mol. The summed E-state index contributed by atoms with van der Waals surface area (Å²) in [5.74, 6) is 0.349. The summed E-state index contributed by atoms with van der Waals surface area (Å²) in [4.78, 5) is 14.7. The van der Waals surface area contributed by atoms with Crippen molar-refractivity contribution in [2.24, 2.45) is 4.99 Å². The minimum absolute atomic E-state index is 0.349. The monoisotopic (exact) mass is 125 g/mol. The van der Waals surface area contributed by atoms with Gasteiger partial charge in [-0.1, -0.05) is 0 Å². The third kappa shape index (κ3) is 1.63. The van der Waals surface area contributed by atoms with Crippen LogP contribution in [0.3, 0.4) is 0 Å². The molecule has 0 aromatic rings. The lowest BCUT2D eigenvalue weighted by molar-refractivity contribution is -0.118. The van der Waals surface area contributed by atoms with E-state index in [1.165, 1.54) is 0 Å². The number of carbonyl (C=O) groups excluding carboxylic acids is 1. The van der Waals surface area contributed by atoms with Gasteiger partial charge in [0, 0.05) is 25.6 Å². The van der Waals surface area contributed by atoms with Crippen LogP contribution in [0.25, 0.3) is 0 Å². The second-order valence-corrected chi connectivity index (χ2v) is 2.36. The van der Waals surface area contributed by atoms with Crippen molar-refractivity contribution in [1.29, 1.82) is 0 Å². The van der Waals surface area contributed by atoms with E-state index in [1.54, 1.807) is 7.05 Å². The smallest absolute Gasteiger partial charge is 0.138 e. The molecule has 0 atom stereocenters. The molecule has 0 heterocycles. The molecular weight excluding hydrogens is 114 g/mol. The summed E-state index contributed by atoms with van der Waals surface area (Å²) in [6, 6.07) is 0. The van der Waals surface area contributed by atoms with Gasteiger partial charge in [0.2, 0.25) is 0 Å². The van der Waals surface area contributed by atoms with E-state index >= 15 is 0 Å². The lowest BCUT2D eigenvalue weighted by Crippen LogP contribution is -2.13. The molecule has 0 saturated heterocycles. The van der Waals surface area contributed by atoms with E-state index in [0.717, 1.165) is 25.0 Å². The average Bonchev–Trinajstić information content (AvgIpc) is 1.88. The summed E-state index contributed by atoms with van der Waals surface area (Å²) in [6.07, 6.45) is 3.41. The largest absolute Gasteiger partial charge is 0.299 e. The molecule has 2 heteroatoms. The zero-order valence-corrected chi connectivity index (χ0v) is 5.68. The second kappa shape index (κ2) is 2.76. The Kier molecular flexibility index (Phi) is 1.98. The maximum Gasteiger partial charge on any atom is 0.138 e. The third-order valence-corrected chi connectivity index (χ3v) is 1.64. The Morgan fingerprint density at radius 1 is 1.44 bits per heavy atom. The first kappa shape index (κ1) is 6.46. The van der Waals surface area contributed by atoms with Gasteiger partial charge in [-0.15, -0.1) is 0 Å². The Morgan fingerprint density at radius 3 is 2.67 bits per heavy atom. The van der Waals surface area contributed by atoms with Gasteiger partial charge < -0.3 is 0 Å². The van der Waals surface area contributed by atoms with Gasteiger partial charge in [0.15, 0.2) is 0 Å². The fourth-order valence-electron chi connectivity index (χ4n) is 1.08. The second-order valence-electron chi connectivity index (χ2n) is 2.36. The third-order valence-electron chi connectivity index (χ3n) is 1.64. The minimum atomic E-state index is 0.349. The van der Waals surface area contributed by atoms with Crippen molar-refractivity contribution < 1.29 is 4.79 Å². The first-order valence-corrected chi connectivity index (χ1v) is 3.29. The molecule has 0 aliphatic heterocycles. The number of ketones is 1. The molecule has 0 unspecified atom stereocenters. The highest BCUT2D eigenvalue weighted by Crippen LogP contribution is 2.10. The van der Waals surface area contributed by atoms with E-state index in [2.05, 4.69) is 4.99 Å². The van der Waals surface area contributed by atoms with Crippen LogP contribution in [0.1, 0.15) is 25.7 Å². The normalized spacial score (nSPS) is 25.0. The Balaban J connectivity index is 2.51. The van der Waals surface area contributed by atoms with Crippen molar-refractivity contribution in [3.8, 4) is 0 Å². The van der Waals surface area contributed by atoms with Crippen LogP contribution in [0.4, 0.5) is 0 Å². The lowest BCUT2D eigenvalue weighted by atomic mass is 9.97. The molecule has 1 saturated carbocycles.